The highest BCUT2D eigenvalue weighted by Gasteiger charge is 2.05. The SMILES string of the molecule is CCCCP(CCCC)CCCC.CCO. The summed E-state index contributed by atoms with van der Waals surface area (Å²) in [6, 6.07) is 0. The standard InChI is InChI=1S/C12H27P.C2H6O/c1-4-7-10-13(11-8-5-2)12-9-6-3;1-2-3/h4-12H2,1-3H3;3H,2H2,1H3. The van der Waals surface area contributed by atoms with Gasteiger partial charge in [-0.1, -0.05) is 40.0 Å². The summed E-state index contributed by atoms with van der Waals surface area (Å²) < 4.78 is 0. The van der Waals surface area contributed by atoms with Gasteiger partial charge in [0.05, 0.1) is 0 Å². The third kappa shape index (κ3) is 16.8. The van der Waals surface area contributed by atoms with Crippen molar-refractivity contribution in [2.45, 2.75) is 66.2 Å². The molecule has 16 heavy (non-hydrogen) atoms. The fourth-order valence-electron chi connectivity index (χ4n) is 1.48. The molecule has 0 aliphatic carbocycles. The van der Waals surface area contributed by atoms with E-state index in [9.17, 15) is 0 Å². The minimum atomic E-state index is 0.250. The highest BCUT2D eigenvalue weighted by Crippen LogP contribution is 2.38. The maximum Gasteiger partial charge on any atom is 0.0402 e. The van der Waals surface area contributed by atoms with Gasteiger partial charge in [-0.3, -0.25) is 0 Å². The molecule has 1 nitrogen and oxygen atoms in total. The van der Waals surface area contributed by atoms with E-state index in [0.29, 0.717) is 7.92 Å². The third-order valence-electron chi connectivity index (χ3n) is 2.48. The first-order valence-electron chi connectivity index (χ1n) is 7.09. The van der Waals surface area contributed by atoms with Gasteiger partial charge in [0.1, 0.15) is 0 Å². The van der Waals surface area contributed by atoms with Crippen LogP contribution in [0.2, 0.25) is 0 Å². The van der Waals surface area contributed by atoms with Gasteiger partial charge in [-0.05, 0) is 44.7 Å². The average Bonchev–Trinajstić information content (AvgIpc) is 2.29. The summed E-state index contributed by atoms with van der Waals surface area (Å²) in [7, 11) is 0.422. The van der Waals surface area contributed by atoms with Crippen molar-refractivity contribution >= 4 is 7.92 Å². The first-order valence-corrected chi connectivity index (χ1v) is 8.99. The Morgan fingerprint density at radius 1 is 0.688 bits per heavy atom. The van der Waals surface area contributed by atoms with Gasteiger partial charge in [0, 0.05) is 6.61 Å². The van der Waals surface area contributed by atoms with Gasteiger partial charge in [-0.2, -0.15) is 0 Å². The lowest BCUT2D eigenvalue weighted by molar-refractivity contribution is 0.318. The molecule has 0 saturated carbocycles. The van der Waals surface area contributed by atoms with Crippen LogP contribution < -0.4 is 0 Å². The molecule has 0 rings (SSSR count). The van der Waals surface area contributed by atoms with Crippen molar-refractivity contribution in [1.82, 2.24) is 0 Å². The molecule has 100 valence electrons. The Balaban J connectivity index is 0. The maximum absolute atomic E-state index is 7.57. The van der Waals surface area contributed by atoms with Gasteiger partial charge >= 0.3 is 0 Å². The molecule has 0 atom stereocenters. The second-order valence-corrected chi connectivity index (χ2v) is 6.90. The molecule has 1 N–H and O–H groups in total. The van der Waals surface area contributed by atoms with Crippen LogP contribution in [0.25, 0.3) is 0 Å². The molecular weight excluding hydrogens is 215 g/mol. The maximum atomic E-state index is 7.57. The number of hydrogen-bond acceptors (Lipinski definition) is 1. The molecule has 0 aliphatic rings. The molecule has 0 aliphatic heterocycles. The molecule has 0 aromatic heterocycles. The van der Waals surface area contributed by atoms with Crippen molar-refractivity contribution < 1.29 is 5.11 Å². The van der Waals surface area contributed by atoms with Crippen molar-refractivity contribution in [2.24, 2.45) is 0 Å². The molecule has 0 aromatic rings. The van der Waals surface area contributed by atoms with Crippen LogP contribution in [0.4, 0.5) is 0 Å². The molecule has 0 saturated heterocycles. The Labute approximate surface area is 105 Å². The van der Waals surface area contributed by atoms with E-state index >= 15 is 0 Å². The second-order valence-electron chi connectivity index (χ2n) is 4.22. The van der Waals surface area contributed by atoms with E-state index in [1.54, 1.807) is 25.4 Å². The fraction of sp³-hybridized carbons (Fsp3) is 1.00. The Morgan fingerprint density at radius 2 is 0.938 bits per heavy atom. The van der Waals surface area contributed by atoms with Gasteiger partial charge in [0.2, 0.25) is 0 Å². The average molecular weight is 248 g/mol. The third-order valence-corrected chi connectivity index (χ3v) is 5.33. The summed E-state index contributed by atoms with van der Waals surface area (Å²) in [5.74, 6) is 0. The molecule has 0 heterocycles. The number of hydrogen-bond donors (Lipinski definition) is 1. The second kappa shape index (κ2) is 17.8. The fourth-order valence-corrected chi connectivity index (χ4v) is 4.44. The zero-order valence-electron chi connectivity index (χ0n) is 12.0. The molecule has 0 fully saturated rings. The Bertz CT molecular complexity index is 87.9. The Morgan fingerprint density at radius 3 is 1.12 bits per heavy atom. The monoisotopic (exact) mass is 248 g/mol. The van der Waals surface area contributed by atoms with Crippen molar-refractivity contribution in [3.8, 4) is 0 Å². The van der Waals surface area contributed by atoms with E-state index in [0.717, 1.165) is 0 Å². The zero-order valence-corrected chi connectivity index (χ0v) is 12.9. The van der Waals surface area contributed by atoms with Crippen LogP contribution in [0.15, 0.2) is 0 Å². The lowest BCUT2D eigenvalue weighted by Crippen LogP contribution is -1.95. The Hall–Kier alpha value is 0.390. The topological polar surface area (TPSA) is 20.2 Å². The summed E-state index contributed by atoms with van der Waals surface area (Å²) in [4.78, 5) is 0. The van der Waals surface area contributed by atoms with Crippen LogP contribution in [-0.4, -0.2) is 30.2 Å². The molecule has 0 unspecified atom stereocenters. The molecule has 2 heteroatoms. The predicted octanol–water partition coefficient (Wildman–Crippen LogP) is 4.87. The van der Waals surface area contributed by atoms with E-state index < -0.39 is 0 Å². The summed E-state index contributed by atoms with van der Waals surface area (Å²) >= 11 is 0. The lowest BCUT2D eigenvalue weighted by Gasteiger charge is -2.16. The Kier molecular flexibility index (Phi) is 20.8. The summed E-state index contributed by atoms with van der Waals surface area (Å²) in [5, 5.41) is 7.57. The van der Waals surface area contributed by atoms with E-state index in [1.807, 2.05) is 0 Å². The van der Waals surface area contributed by atoms with Crippen LogP contribution in [0.3, 0.4) is 0 Å². The molecular formula is C14H33OP. The van der Waals surface area contributed by atoms with Crippen molar-refractivity contribution in [3.05, 3.63) is 0 Å². The van der Waals surface area contributed by atoms with E-state index in [1.165, 1.54) is 38.5 Å². The van der Waals surface area contributed by atoms with E-state index in [2.05, 4.69) is 20.8 Å². The van der Waals surface area contributed by atoms with Gasteiger partial charge in [-0.25, -0.2) is 0 Å². The van der Waals surface area contributed by atoms with Gasteiger partial charge in [0.25, 0.3) is 0 Å². The number of rotatable bonds is 9. The largest absolute Gasteiger partial charge is 0.397 e. The molecule has 0 bridgehead atoms. The van der Waals surface area contributed by atoms with Crippen LogP contribution in [0, 0.1) is 0 Å². The zero-order chi connectivity index (χ0) is 12.6. The van der Waals surface area contributed by atoms with Crippen molar-refractivity contribution in [1.29, 1.82) is 0 Å². The highest BCUT2D eigenvalue weighted by molar-refractivity contribution is 7.57. The normalized spacial score (nSPS) is 10.1. The van der Waals surface area contributed by atoms with Gasteiger partial charge in [-0.15, -0.1) is 7.92 Å². The van der Waals surface area contributed by atoms with Gasteiger partial charge in [0.15, 0.2) is 0 Å². The van der Waals surface area contributed by atoms with Crippen molar-refractivity contribution in [2.75, 3.05) is 25.1 Å². The first kappa shape index (κ1) is 18.7. The van der Waals surface area contributed by atoms with Crippen molar-refractivity contribution in [3.63, 3.8) is 0 Å². The minimum Gasteiger partial charge on any atom is -0.397 e. The summed E-state index contributed by atoms with van der Waals surface area (Å²) in [6.07, 6.45) is 13.2. The predicted molar refractivity (Wildman–Crippen MR) is 79.0 cm³/mol. The number of unbranched alkanes of at least 4 members (excludes halogenated alkanes) is 3. The highest BCUT2D eigenvalue weighted by atomic mass is 31.1. The quantitative estimate of drug-likeness (QED) is 0.577. The smallest absolute Gasteiger partial charge is 0.0402 e. The molecule has 0 spiro atoms. The molecule has 0 aromatic carbocycles. The van der Waals surface area contributed by atoms with Crippen LogP contribution in [-0.2, 0) is 0 Å². The molecule has 0 amide bonds. The van der Waals surface area contributed by atoms with E-state index in [-0.39, 0.29) is 6.61 Å². The summed E-state index contributed by atoms with van der Waals surface area (Å²) in [6.45, 7) is 8.87. The molecule has 0 radical (unpaired) electrons. The van der Waals surface area contributed by atoms with Crippen LogP contribution in [0.5, 0.6) is 0 Å². The first-order chi connectivity index (χ1) is 7.76. The van der Waals surface area contributed by atoms with Gasteiger partial charge < -0.3 is 5.11 Å². The van der Waals surface area contributed by atoms with Crippen LogP contribution >= 0.6 is 7.92 Å². The van der Waals surface area contributed by atoms with Crippen LogP contribution in [0.1, 0.15) is 66.2 Å². The number of aliphatic hydroxyl groups is 1. The summed E-state index contributed by atoms with van der Waals surface area (Å²) in [5.41, 5.74) is 0. The number of aliphatic hydroxyl groups excluding tert-OH is 1. The lowest BCUT2D eigenvalue weighted by atomic mass is 10.4. The minimum absolute atomic E-state index is 0.250. The van der Waals surface area contributed by atoms with E-state index in [4.69, 9.17) is 5.11 Å².